The summed E-state index contributed by atoms with van der Waals surface area (Å²) in [6.45, 7) is 7.68. The van der Waals surface area contributed by atoms with Crippen molar-refractivity contribution in [2.24, 2.45) is 0 Å². The molecule has 18 heavy (non-hydrogen) atoms. The maximum absolute atomic E-state index is 13.0. The van der Waals surface area contributed by atoms with E-state index in [1.54, 1.807) is 6.07 Å². The molecule has 5 heteroatoms. The standard InChI is InChI=1S/C13H16ClFN2.ClH/c1-2-13(17-7-5-16-6-8-17)11-4-3-10(15)9-12(11)14;/h2-4,9,13,16H,1,5-8H2;1H/t13-;/m1./s1. The third-order valence-electron chi connectivity index (χ3n) is 3.05. The summed E-state index contributed by atoms with van der Waals surface area (Å²) >= 11 is 6.09. The fraction of sp³-hybridized carbons (Fsp3) is 0.385. The maximum atomic E-state index is 13.0. The number of nitrogens with one attached hydrogen (secondary N) is 1. The molecular formula is C13H17Cl2FN2. The number of hydrogen-bond donors (Lipinski definition) is 1. The highest BCUT2D eigenvalue weighted by molar-refractivity contribution is 6.31. The number of rotatable bonds is 3. The Hall–Kier alpha value is -0.610. The molecule has 1 aromatic carbocycles. The molecule has 0 unspecified atom stereocenters. The van der Waals surface area contributed by atoms with Crippen molar-refractivity contribution in [1.29, 1.82) is 0 Å². The first-order valence-electron chi connectivity index (χ1n) is 5.74. The van der Waals surface area contributed by atoms with E-state index in [4.69, 9.17) is 11.6 Å². The first-order valence-corrected chi connectivity index (χ1v) is 6.12. The Balaban J connectivity index is 0.00000162. The molecule has 1 aliphatic rings. The van der Waals surface area contributed by atoms with E-state index in [0.717, 1.165) is 31.7 Å². The molecule has 2 nitrogen and oxygen atoms in total. The van der Waals surface area contributed by atoms with Crippen LogP contribution in [0.4, 0.5) is 4.39 Å². The van der Waals surface area contributed by atoms with Crippen molar-refractivity contribution in [3.05, 3.63) is 47.3 Å². The Labute approximate surface area is 118 Å². The highest BCUT2D eigenvalue weighted by Crippen LogP contribution is 2.29. The second-order valence-corrected chi connectivity index (χ2v) is 4.54. The molecule has 1 aromatic rings. The van der Waals surface area contributed by atoms with E-state index in [1.807, 2.05) is 6.08 Å². The van der Waals surface area contributed by atoms with Crippen molar-refractivity contribution in [2.75, 3.05) is 26.2 Å². The number of benzene rings is 1. The smallest absolute Gasteiger partial charge is 0.124 e. The van der Waals surface area contributed by atoms with Gasteiger partial charge in [0.1, 0.15) is 5.82 Å². The summed E-state index contributed by atoms with van der Waals surface area (Å²) in [4.78, 5) is 2.29. The molecule has 100 valence electrons. The van der Waals surface area contributed by atoms with Crippen molar-refractivity contribution < 1.29 is 4.39 Å². The number of nitrogens with zero attached hydrogens (tertiary/aromatic N) is 1. The minimum absolute atomic E-state index is 0. The zero-order valence-corrected chi connectivity index (χ0v) is 11.6. The molecule has 2 rings (SSSR count). The Morgan fingerprint density at radius 1 is 1.39 bits per heavy atom. The average Bonchev–Trinajstić information content (AvgIpc) is 2.34. The lowest BCUT2D eigenvalue weighted by Gasteiger charge is -2.33. The van der Waals surface area contributed by atoms with E-state index in [9.17, 15) is 4.39 Å². The second-order valence-electron chi connectivity index (χ2n) is 4.13. The lowest BCUT2D eigenvalue weighted by molar-refractivity contribution is 0.203. The average molecular weight is 291 g/mol. The van der Waals surface area contributed by atoms with Crippen LogP contribution in [0.15, 0.2) is 30.9 Å². The molecular weight excluding hydrogens is 274 g/mol. The monoisotopic (exact) mass is 290 g/mol. The Morgan fingerprint density at radius 2 is 2.06 bits per heavy atom. The number of piperazine rings is 1. The number of halogens is 3. The quantitative estimate of drug-likeness (QED) is 0.861. The maximum Gasteiger partial charge on any atom is 0.124 e. The summed E-state index contributed by atoms with van der Waals surface area (Å²) in [6, 6.07) is 4.60. The molecule has 1 aliphatic heterocycles. The first kappa shape index (κ1) is 15.4. The predicted octanol–water partition coefficient (Wildman–Crippen LogP) is 3.03. The summed E-state index contributed by atoms with van der Waals surface area (Å²) in [5.41, 5.74) is 0.921. The fourth-order valence-corrected chi connectivity index (χ4v) is 2.45. The lowest BCUT2D eigenvalue weighted by atomic mass is 10.0. The highest BCUT2D eigenvalue weighted by Gasteiger charge is 2.21. The van der Waals surface area contributed by atoms with Crippen molar-refractivity contribution in [3.8, 4) is 0 Å². The van der Waals surface area contributed by atoms with Crippen LogP contribution in [0.25, 0.3) is 0 Å². The summed E-state index contributed by atoms with van der Waals surface area (Å²) in [6.07, 6.45) is 1.87. The van der Waals surface area contributed by atoms with Crippen molar-refractivity contribution in [2.45, 2.75) is 6.04 Å². The van der Waals surface area contributed by atoms with Gasteiger partial charge in [0, 0.05) is 31.2 Å². The van der Waals surface area contributed by atoms with Crippen molar-refractivity contribution in [1.82, 2.24) is 10.2 Å². The van der Waals surface area contributed by atoms with Crippen LogP contribution >= 0.6 is 24.0 Å². The molecule has 0 saturated carbocycles. The van der Waals surface area contributed by atoms with E-state index < -0.39 is 0 Å². The van der Waals surface area contributed by atoms with Gasteiger partial charge in [0.25, 0.3) is 0 Å². The van der Waals surface area contributed by atoms with Crippen LogP contribution in [0.1, 0.15) is 11.6 Å². The summed E-state index contributed by atoms with van der Waals surface area (Å²) in [5.74, 6) is -0.304. The Bertz CT molecular complexity index is 406. The van der Waals surface area contributed by atoms with Crippen LogP contribution in [-0.4, -0.2) is 31.1 Å². The molecule has 1 heterocycles. The van der Waals surface area contributed by atoms with E-state index in [1.165, 1.54) is 12.1 Å². The van der Waals surface area contributed by atoms with Gasteiger partial charge in [0.2, 0.25) is 0 Å². The highest BCUT2D eigenvalue weighted by atomic mass is 35.5. The van der Waals surface area contributed by atoms with Gasteiger partial charge < -0.3 is 5.32 Å². The zero-order valence-electron chi connectivity index (χ0n) is 10.0. The van der Waals surface area contributed by atoms with Gasteiger partial charge in [-0.3, -0.25) is 4.90 Å². The topological polar surface area (TPSA) is 15.3 Å². The molecule has 0 radical (unpaired) electrons. The molecule has 1 saturated heterocycles. The summed E-state index contributed by atoms with van der Waals surface area (Å²) < 4.78 is 13.0. The van der Waals surface area contributed by atoms with E-state index in [0.29, 0.717) is 5.02 Å². The third-order valence-corrected chi connectivity index (χ3v) is 3.38. The minimum Gasteiger partial charge on any atom is -0.314 e. The van der Waals surface area contributed by atoms with Gasteiger partial charge in [0.05, 0.1) is 6.04 Å². The largest absolute Gasteiger partial charge is 0.314 e. The normalized spacial score (nSPS) is 17.9. The molecule has 1 fully saturated rings. The molecule has 0 spiro atoms. The van der Waals surface area contributed by atoms with Gasteiger partial charge in [-0.15, -0.1) is 19.0 Å². The molecule has 1 atom stereocenters. The zero-order chi connectivity index (χ0) is 12.3. The Kier molecular flexibility index (Phi) is 6.09. The SMILES string of the molecule is C=C[C@H](c1ccc(F)cc1Cl)N1CCNCC1.Cl. The summed E-state index contributed by atoms with van der Waals surface area (Å²) in [7, 11) is 0. The predicted molar refractivity (Wildman–Crippen MR) is 76.0 cm³/mol. The van der Waals surface area contributed by atoms with Gasteiger partial charge in [0.15, 0.2) is 0 Å². The van der Waals surface area contributed by atoms with Crippen LogP contribution in [0.5, 0.6) is 0 Å². The third kappa shape index (κ3) is 3.45. The first-order chi connectivity index (χ1) is 8.22. The number of hydrogen-bond acceptors (Lipinski definition) is 2. The van der Waals surface area contributed by atoms with Crippen molar-refractivity contribution >= 4 is 24.0 Å². The van der Waals surface area contributed by atoms with Crippen LogP contribution < -0.4 is 5.32 Å². The minimum atomic E-state index is -0.304. The molecule has 1 N–H and O–H groups in total. The fourth-order valence-electron chi connectivity index (χ4n) is 2.17. The Morgan fingerprint density at radius 3 is 2.61 bits per heavy atom. The summed E-state index contributed by atoms with van der Waals surface area (Å²) in [5, 5.41) is 3.77. The second kappa shape index (κ2) is 7.10. The van der Waals surface area contributed by atoms with Gasteiger partial charge in [-0.25, -0.2) is 4.39 Å². The van der Waals surface area contributed by atoms with Crippen molar-refractivity contribution in [3.63, 3.8) is 0 Å². The van der Waals surface area contributed by atoms with E-state index in [2.05, 4.69) is 16.8 Å². The van der Waals surface area contributed by atoms with Crippen LogP contribution in [-0.2, 0) is 0 Å². The lowest BCUT2D eigenvalue weighted by Crippen LogP contribution is -2.44. The van der Waals surface area contributed by atoms with Crippen LogP contribution in [0, 0.1) is 5.82 Å². The van der Waals surface area contributed by atoms with Crippen LogP contribution in [0.2, 0.25) is 5.02 Å². The molecule has 0 aliphatic carbocycles. The molecule has 0 amide bonds. The van der Waals surface area contributed by atoms with Gasteiger partial charge >= 0.3 is 0 Å². The molecule has 0 aromatic heterocycles. The van der Waals surface area contributed by atoms with Gasteiger partial charge in [-0.1, -0.05) is 23.7 Å². The van der Waals surface area contributed by atoms with Gasteiger partial charge in [-0.05, 0) is 17.7 Å². The van der Waals surface area contributed by atoms with E-state index >= 15 is 0 Å². The van der Waals surface area contributed by atoms with Gasteiger partial charge in [-0.2, -0.15) is 0 Å². The van der Waals surface area contributed by atoms with Crippen LogP contribution in [0.3, 0.4) is 0 Å². The molecule has 0 bridgehead atoms. The van der Waals surface area contributed by atoms with E-state index in [-0.39, 0.29) is 24.3 Å².